The van der Waals surface area contributed by atoms with Gasteiger partial charge in [0.1, 0.15) is 17.8 Å². The average Bonchev–Trinajstić information content (AvgIpc) is 2.64. The molecule has 2 aromatic carbocycles. The molecule has 27 heavy (non-hydrogen) atoms. The molecule has 0 saturated carbocycles. The van der Waals surface area contributed by atoms with Gasteiger partial charge in [0.05, 0.1) is 10.6 Å². The fraction of sp³-hybridized carbons (Fsp3) is 0.0556. The first-order valence-corrected chi connectivity index (χ1v) is 8.56. The van der Waals surface area contributed by atoms with Gasteiger partial charge in [0.15, 0.2) is 5.82 Å². The van der Waals surface area contributed by atoms with Crippen molar-refractivity contribution in [3.63, 3.8) is 0 Å². The zero-order chi connectivity index (χ0) is 19.4. The summed E-state index contributed by atoms with van der Waals surface area (Å²) in [6.07, 6.45) is 1.27. The summed E-state index contributed by atoms with van der Waals surface area (Å²) < 4.78 is 5.66. The van der Waals surface area contributed by atoms with Crippen LogP contribution >= 0.6 is 23.2 Å². The minimum atomic E-state index is -0.476. The van der Waals surface area contributed by atoms with E-state index >= 15 is 0 Å². The quantitative estimate of drug-likeness (QED) is 0.551. The van der Waals surface area contributed by atoms with E-state index in [1.807, 2.05) is 19.1 Å². The number of benzene rings is 2. The maximum absolute atomic E-state index is 12.3. The lowest BCUT2D eigenvalue weighted by atomic mass is 10.2. The van der Waals surface area contributed by atoms with E-state index in [0.29, 0.717) is 10.8 Å². The third-order valence-corrected chi connectivity index (χ3v) is 4.10. The lowest BCUT2D eigenvalue weighted by Crippen LogP contribution is -2.30. The maximum Gasteiger partial charge on any atom is 0.271 e. The fourth-order valence-electron chi connectivity index (χ4n) is 2.14. The number of aryl methyl sites for hydroxylation is 1. The molecule has 4 N–H and O–H groups in total. The normalized spacial score (nSPS) is 10.3. The van der Waals surface area contributed by atoms with Gasteiger partial charge >= 0.3 is 0 Å². The molecule has 0 fully saturated rings. The van der Waals surface area contributed by atoms with Gasteiger partial charge in [-0.2, -0.15) is 4.98 Å². The smallest absolute Gasteiger partial charge is 0.271 e. The molecule has 0 atom stereocenters. The molecule has 0 spiro atoms. The number of ether oxygens (including phenoxy) is 1. The molecular weight excluding hydrogens is 389 g/mol. The highest BCUT2D eigenvalue weighted by molar-refractivity contribution is 6.36. The molecule has 0 radical (unpaired) electrons. The summed E-state index contributed by atoms with van der Waals surface area (Å²) in [4.78, 5) is 20.3. The number of hydrogen-bond acceptors (Lipinski definition) is 6. The highest BCUT2D eigenvalue weighted by Gasteiger charge is 2.14. The Kier molecular flexibility index (Phi) is 5.63. The van der Waals surface area contributed by atoms with Crippen LogP contribution in [0.2, 0.25) is 10.0 Å². The van der Waals surface area contributed by atoms with Crippen molar-refractivity contribution < 1.29 is 9.53 Å². The van der Waals surface area contributed by atoms with Crippen molar-refractivity contribution >= 4 is 40.6 Å². The zero-order valence-electron chi connectivity index (χ0n) is 14.2. The molecule has 3 rings (SSSR count). The number of aromatic nitrogens is 2. The molecule has 9 heteroatoms. The van der Waals surface area contributed by atoms with Gasteiger partial charge in [0.2, 0.25) is 5.88 Å². The van der Waals surface area contributed by atoms with Crippen LogP contribution in [0.15, 0.2) is 48.8 Å². The van der Waals surface area contributed by atoms with Crippen LogP contribution in [0, 0.1) is 6.92 Å². The number of anilines is 2. The first kappa shape index (κ1) is 18.8. The summed E-state index contributed by atoms with van der Waals surface area (Å²) >= 11 is 11.8. The van der Waals surface area contributed by atoms with Gasteiger partial charge in [-0.05, 0) is 37.3 Å². The number of carbonyl (C=O) groups excluding carboxylic acids is 1. The van der Waals surface area contributed by atoms with Crippen LogP contribution in [-0.4, -0.2) is 15.9 Å². The lowest BCUT2D eigenvalue weighted by Gasteiger charge is -2.13. The molecule has 0 aliphatic heterocycles. The summed E-state index contributed by atoms with van der Waals surface area (Å²) in [5.74, 6) is 0.449. The summed E-state index contributed by atoms with van der Waals surface area (Å²) in [6, 6.07) is 12.0. The van der Waals surface area contributed by atoms with Gasteiger partial charge in [0, 0.05) is 5.02 Å². The van der Waals surface area contributed by atoms with Crippen LogP contribution in [0.4, 0.5) is 11.5 Å². The molecule has 1 aromatic heterocycles. The van der Waals surface area contributed by atoms with Gasteiger partial charge in [-0.15, -0.1) is 0 Å². The molecule has 0 aliphatic carbocycles. The standard InChI is InChI=1S/C18H15Cl2N5O2/c1-10-2-5-12(6-3-10)27-18-15(21)16(22-9-23-18)24-25-17(26)13-7-4-11(19)8-14(13)20/h2-9H,21H2,1H3,(H,25,26)(H,22,23,24). The van der Waals surface area contributed by atoms with E-state index < -0.39 is 5.91 Å². The summed E-state index contributed by atoms with van der Waals surface area (Å²) in [5.41, 5.74) is 12.6. The molecule has 0 bridgehead atoms. The van der Waals surface area contributed by atoms with Gasteiger partial charge in [-0.1, -0.05) is 40.9 Å². The molecule has 7 nitrogen and oxygen atoms in total. The molecule has 0 unspecified atom stereocenters. The molecule has 0 aliphatic rings. The van der Waals surface area contributed by atoms with E-state index in [1.165, 1.54) is 18.5 Å². The van der Waals surface area contributed by atoms with E-state index in [1.54, 1.807) is 18.2 Å². The number of amides is 1. The van der Waals surface area contributed by atoms with Crippen molar-refractivity contribution in [3.05, 3.63) is 70.0 Å². The Labute approximate surface area is 165 Å². The zero-order valence-corrected chi connectivity index (χ0v) is 15.7. The van der Waals surface area contributed by atoms with Gasteiger partial charge < -0.3 is 10.5 Å². The Morgan fingerprint density at radius 3 is 2.56 bits per heavy atom. The number of nitrogens with two attached hydrogens (primary N) is 1. The third-order valence-electron chi connectivity index (χ3n) is 3.55. The molecule has 138 valence electrons. The first-order chi connectivity index (χ1) is 12.9. The van der Waals surface area contributed by atoms with Crippen LogP contribution in [0.1, 0.15) is 15.9 Å². The number of hydrogen-bond donors (Lipinski definition) is 3. The van der Waals surface area contributed by atoms with E-state index in [0.717, 1.165) is 5.56 Å². The highest BCUT2D eigenvalue weighted by atomic mass is 35.5. The fourth-order valence-corrected chi connectivity index (χ4v) is 2.63. The summed E-state index contributed by atoms with van der Waals surface area (Å²) in [7, 11) is 0. The van der Waals surface area contributed by atoms with E-state index in [2.05, 4.69) is 20.8 Å². The maximum atomic E-state index is 12.3. The number of nitrogen functional groups attached to an aromatic ring is 1. The van der Waals surface area contributed by atoms with E-state index in [-0.39, 0.29) is 28.0 Å². The SMILES string of the molecule is Cc1ccc(Oc2ncnc(NNC(=O)c3ccc(Cl)cc3Cl)c2N)cc1. The molecule has 0 saturated heterocycles. The second-order valence-corrected chi connectivity index (χ2v) is 6.40. The summed E-state index contributed by atoms with van der Waals surface area (Å²) in [6.45, 7) is 1.97. The van der Waals surface area contributed by atoms with Crippen LogP contribution in [-0.2, 0) is 0 Å². The monoisotopic (exact) mass is 403 g/mol. The predicted octanol–water partition coefficient (Wildman–Crippen LogP) is 4.22. The van der Waals surface area contributed by atoms with Crippen molar-refractivity contribution in [1.82, 2.24) is 15.4 Å². The largest absolute Gasteiger partial charge is 0.437 e. The van der Waals surface area contributed by atoms with Crippen LogP contribution in [0.25, 0.3) is 0 Å². The van der Waals surface area contributed by atoms with Crippen molar-refractivity contribution in [1.29, 1.82) is 0 Å². The van der Waals surface area contributed by atoms with Gasteiger partial charge in [-0.3, -0.25) is 15.6 Å². The van der Waals surface area contributed by atoms with Crippen molar-refractivity contribution in [2.24, 2.45) is 0 Å². The molecule has 3 aromatic rings. The Morgan fingerprint density at radius 1 is 1.11 bits per heavy atom. The molecular formula is C18H15Cl2N5O2. The van der Waals surface area contributed by atoms with E-state index in [4.69, 9.17) is 33.7 Å². The average molecular weight is 404 g/mol. The number of nitrogens with one attached hydrogen (secondary N) is 2. The van der Waals surface area contributed by atoms with Crippen molar-refractivity contribution in [2.45, 2.75) is 6.92 Å². The van der Waals surface area contributed by atoms with Crippen LogP contribution < -0.4 is 21.3 Å². The number of halogens is 2. The van der Waals surface area contributed by atoms with Crippen LogP contribution in [0.3, 0.4) is 0 Å². The molecule has 1 heterocycles. The first-order valence-electron chi connectivity index (χ1n) is 7.80. The Morgan fingerprint density at radius 2 is 1.85 bits per heavy atom. The van der Waals surface area contributed by atoms with Crippen LogP contribution in [0.5, 0.6) is 11.6 Å². The number of carbonyl (C=O) groups is 1. The Balaban J connectivity index is 1.72. The Hall–Kier alpha value is -3.03. The number of rotatable bonds is 5. The second-order valence-electron chi connectivity index (χ2n) is 5.56. The predicted molar refractivity (Wildman–Crippen MR) is 105 cm³/mol. The lowest BCUT2D eigenvalue weighted by molar-refractivity contribution is 0.0962. The highest BCUT2D eigenvalue weighted by Crippen LogP contribution is 2.29. The Bertz CT molecular complexity index is 980. The second kappa shape index (κ2) is 8.11. The van der Waals surface area contributed by atoms with Crippen molar-refractivity contribution in [3.8, 4) is 11.6 Å². The molecule has 1 amide bonds. The number of hydrazine groups is 1. The van der Waals surface area contributed by atoms with Gasteiger partial charge in [-0.25, -0.2) is 4.98 Å². The topological polar surface area (TPSA) is 102 Å². The van der Waals surface area contributed by atoms with Crippen molar-refractivity contribution in [2.75, 3.05) is 11.2 Å². The third kappa shape index (κ3) is 4.58. The minimum absolute atomic E-state index is 0.139. The summed E-state index contributed by atoms with van der Waals surface area (Å²) in [5, 5.41) is 0.656. The number of nitrogens with zero attached hydrogens (tertiary/aromatic N) is 2. The van der Waals surface area contributed by atoms with Gasteiger partial charge in [0.25, 0.3) is 5.91 Å². The van der Waals surface area contributed by atoms with E-state index in [9.17, 15) is 4.79 Å². The minimum Gasteiger partial charge on any atom is -0.437 e.